The lowest BCUT2D eigenvalue weighted by atomic mass is 10.1. The smallest absolute Gasteiger partial charge is 0.340 e. The molecule has 2 heterocycles. The lowest BCUT2D eigenvalue weighted by molar-refractivity contribution is -0.384. The summed E-state index contributed by atoms with van der Waals surface area (Å²) in [4.78, 5) is 26.1. The molecule has 184 valence electrons. The average molecular weight is 494 g/mol. The molecule has 1 aromatic carbocycles. The van der Waals surface area contributed by atoms with Gasteiger partial charge in [0, 0.05) is 24.8 Å². The van der Waals surface area contributed by atoms with Crippen molar-refractivity contribution in [3.63, 3.8) is 0 Å². The zero-order valence-corrected chi connectivity index (χ0v) is 20.2. The van der Waals surface area contributed by atoms with Crippen LogP contribution in [0.2, 0.25) is 0 Å². The Hall–Kier alpha value is -3.29. The Kier molecular flexibility index (Phi) is 7.69. The van der Waals surface area contributed by atoms with E-state index in [-0.39, 0.29) is 43.5 Å². The van der Waals surface area contributed by atoms with E-state index in [4.69, 9.17) is 9.47 Å². The molecule has 12 nitrogen and oxygen atoms in total. The van der Waals surface area contributed by atoms with Gasteiger partial charge in [-0.05, 0) is 45.4 Å². The second-order valence-corrected chi connectivity index (χ2v) is 9.54. The summed E-state index contributed by atoms with van der Waals surface area (Å²) in [6, 6.07) is 3.62. The Labute approximate surface area is 197 Å². The number of aromatic amines is 1. The molecule has 1 fully saturated rings. The molecular formula is C21H27N5O7S. The number of nitrogens with one attached hydrogen (secondary N) is 2. The number of esters is 1. The third kappa shape index (κ3) is 5.11. The molecule has 34 heavy (non-hydrogen) atoms. The van der Waals surface area contributed by atoms with Crippen molar-refractivity contribution in [3.8, 4) is 0 Å². The Morgan fingerprint density at radius 3 is 2.62 bits per heavy atom. The van der Waals surface area contributed by atoms with Gasteiger partial charge in [0.15, 0.2) is 0 Å². The molecule has 2 aromatic rings. The summed E-state index contributed by atoms with van der Waals surface area (Å²) in [6.07, 6.45) is 0. The van der Waals surface area contributed by atoms with E-state index in [2.05, 4.69) is 15.5 Å². The summed E-state index contributed by atoms with van der Waals surface area (Å²) in [5.74, 6) is -0.450. The topological polar surface area (TPSA) is 156 Å². The van der Waals surface area contributed by atoms with Gasteiger partial charge in [-0.25, -0.2) is 13.2 Å². The number of benzene rings is 1. The highest BCUT2D eigenvalue weighted by molar-refractivity contribution is 7.89. The van der Waals surface area contributed by atoms with Crippen LogP contribution in [0.1, 0.15) is 41.2 Å². The first-order valence-electron chi connectivity index (χ1n) is 10.6. The molecule has 1 aliphatic rings. The van der Waals surface area contributed by atoms with Gasteiger partial charge in [-0.3, -0.25) is 15.5 Å². The number of aromatic nitrogens is 1. The minimum Gasteiger partial charge on any atom is -0.462 e. The van der Waals surface area contributed by atoms with Crippen LogP contribution in [0.15, 0.2) is 28.2 Å². The monoisotopic (exact) mass is 493 g/mol. The van der Waals surface area contributed by atoms with Crippen LogP contribution in [-0.4, -0.2) is 67.2 Å². The minimum absolute atomic E-state index is 0.0248. The first-order valence-corrected chi connectivity index (χ1v) is 12.0. The Morgan fingerprint density at radius 2 is 2.00 bits per heavy atom. The van der Waals surface area contributed by atoms with E-state index >= 15 is 0 Å². The van der Waals surface area contributed by atoms with Gasteiger partial charge in [-0.15, -0.1) is 0 Å². The number of hydrazone groups is 1. The summed E-state index contributed by atoms with van der Waals surface area (Å²) < 4.78 is 37.2. The number of H-pyrrole nitrogens is 1. The van der Waals surface area contributed by atoms with E-state index in [0.717, 1.165) is 6.07 Å². The van der Waals surface area contributed by atoms with Crippen LogP contribution in [-0.2, 0) is 19.5 Å². The van der Waals surface area contributed by atoms with Gasteiger partial charge in [0.2, 0.25) is 10.0 Å². The van der Waals surface area contributed by atoms with Gasteiger partial charge in [-0.1, -0.05) is 0 Å². The molecule has 13 heteroatoms. The van der Waals surface area contributed by atoms with E-state index in [1.165, 1.54) is 16.4 Å². The number of ether oxygens (including phenoxy) is 2. The standard InChI is InChI=1S/C21H27N5O7S/c1-5-33-21(27)19-13(2)20(22-14(19)3)15(4)23-24-17-7-6-16(12-18(17)26(28)29)34(30,31)25-8-10-32-11-9-25/h6-7,12,22,24H,5,8-11H2,1-4H3/b23-15+. The van der Waals surface area contributed by atoms with Gasteiger partial charge >= 0.3 is 5.97 Å². The molecule has 0 spiro atoms. The summed E-state index contributed by atoms with van der Waals surface area (Å²) in [5, 5.41) is 15.9. The molecule has 0 atom stereocenters. The zero-order valence-electron chi connectivity index (χ0n) is 19.4. The van der Waals surface area contributed by atoms with Gasteiger partial charge in [0.1, 0.15) is 5.69 Å². The number of carbonyl (C=O) groups is 1. The van der Waals surface area contributed by atoms with E-state index in [0.29, 0.717) is 28.2 Å². The van der Waals surface area contributed by atoms with Crippen LogP contribution >= 0.6 is 0 Å². The van der Waals surface area contributed by atoms with Crippen molar-refractivity contribution in [1.29, 1.82) is 0 Å². The average Bonchev–Trinajstić information content (AvgIpc) is 3.11. The molecule has 3 rings (SSSR count). The molecule has 1 aromatic heterocycles. The maximum atomic E-state index is 12.9. The molecule has 2 N–H and O–H groups in total. The molecule has 1 aliphatic heterocycles. The normalized spacial score (nSPS) is 15.2. The molecule has 0 aliphatic carbocycles. The van der Waals surface area contributed by atoms with Crippen molar-refractivity contribution in [2.75, 3.05) is 38.3 Å². The number of anilines is 1. The Morgan fingerprint density at radius 1 is 1.32 bits per heavy atom. The van der Waals surface area contributed by atoms with Gasteiger partial charge in [0.25, 0.3) is 5.69 Å². The Balaban J connectivity index is 1.89. The largest absolute Gasteiger partial charge is 0.462 e. The van der Waals surface area contributed by atoms with Crippen molar-refractivity contribution in [1.82, 2.24) is 9.29 Å². The third-order valence-electron chi connectivity index (χ3n) is 5.40. The lowest BCUT2D eigenvalue weighted by Crippen LogP contribution is -2.40. The van der Waals surface area contributed by atoms with Crippen molar-refractivity contribution in [3.05, 3.63) is 50.8 Å². The number of nitrogens with zero attached hydrogens (tertiary/aromatic N) is 3. The SMILES string of the molecule is CCOC(=O)c1c(C)[nH]c(/C(C)=N/Nc2ccc(S(=O)(=O)N3CCOCC3)cc2[N+](=O)[O-])c1C. The molecule has 0 saturated carbocycles. The first kappa shape index (κ1) is 25.3. The molecule has 1 saturated heterocycles. The maximum Gasteiger partial charge on any atom is 0.340 e. The molecule has 0 amide bonds. The number of rotatable bonds is 8. The minimum atomic E-state index is -3.89. The fourth-order valence-corrected chi connectivity index (χ4v) is 5.10. The molecule has 0 bridgehead atoms. The quantitative estimate of drug-likeness (QED) is 0.246. The summed E-state index contributed by atoms with van der Waals surface area (Å²) in [6.45, 7) is 8.02. The highest BCUT2D eigenvalue weighted by Gasteiger charge is 2.29. The summed E-state index contributed by atoms with van der Waals surface area (Å²) in [7, 11) is -3.89. The van der Waals surface area contributed by atoms with Gasteiger partial charge < -0.3 is 14.5 Å². The fourth-order valence-electron chi connectivity index (χ4n) is 3.67. The first-order chi connectivity index (χ1) is 16.1. The number of carbonyl (C=O) groups excluding carboxylic acids is 1. The van der Waals surface area contributed by atoms with Crippen LogP contribution in [0.3, 0.4) is 0 Å². The van der Waals surface area contributed by atoms with E-state index in [1.807, 2.05) is 0 Å². The summed E-state index contributed by atoms with van der Waals surface area (Å²) in [5.41, 5.74) is 4.91. The predicted octanol–water partition coefficient (Wildman–Crippen LogP) is 2.57. The van der Waals surface area contributed by atoms with Crippen LogP contribution in [0.4, 0.5) is 11.4 Å². The number of hydrogen-bond donors (Lipinski definition) is 2. The highest BCUT2D eigenvalue weighted by Crippen LogP contribution is 2.29. The van der Waals surface area contributed by atoms with Gasteiger partial charge in [-0.2, -0.15) is 9.41 Å². The van der Waals surface area contributed by atoms with Crippen LogP contribution in [0.5, 0.6) is 0 Å². The molecule has 0 unspecified atom stereocenters. The molecule has 0 radical (unpaired) electrons. The van der Waals surface area contributed by atoms with Crippen LogP contribution in [0, 0.1) is 24.0 Å². The maximum absolute atomic E-state index is 12.9. The van der Waals surface area contributed by atoms with E-state index in [1.54, 1.807) is 27.7 Å². The molecular weight excluding hydrogens is 466 g/mol. The van der Waals surface area contributed by atoms with Crippen molar-refractivity contribution < 1.29 is 27.6 Å². The van der Waals surface area contributed by atoms with Crippen LogP contribution in [0.25, 0.3) is 0 Å². The van der Waals surface area contributed by atoms with Crippen LogP contribution < -0.4 is 5.43 Å². The predicted molar refractivity (Wildman–Crippen MR) is 125 cm³/mol. The van der Waals surface area contributed by atoms with Crippen molar-refractivity contribution in [2.24, 2.45) is 5.10 Å². The fraction of sp³-hybridized carbons (Fsp3) is 0.429. The number of morpholine rings is 1. The van der Waals surface area contributed by atoms with Crippen molar-refractivity contribution in [2.45, 2.75) is 32.6 Å². The van der Waals surface area contributed by atoms with Crippen molar-refractivity contribution >= 4 is 33.1 Å². The highest BCUT2D eigenvalue weighted by atomic mass is 32.2. The summed E-state index contributed by atoms with van der Waals surface area (Å²) >= 11 is 0. The number of sulfonamides is 1. The van der Waals surface area contributed by atoms with Gasteiger partial charge in [0.05, 0.1) is 46.6 Å². The lowest BCUT2D eigenvalue weighted by Gasteiger charge is -2.26. The number of nitro benzene ring substituents is 1. The number of aryl methyl sites for hydroxylation is 1. The zero-order chi connectivity index (χ0) is 25.0. The number of nitro groups is 1. The second-order valence-electron chi connectivity index (χ2n) is 7.61. The number of hydrogen-bond acceptors (Lipinski definition) is 9. The van der Waals surface area contributed by atoms with E-state index in [9.17, 15) is 23.3 Å². The Bertz CT molecular complexity index is 1230. The van der Waals surface area contributed by atoms with E-state index < -0.39 is 26.6 Å². The third-order valence-corrected chi connectivity index (χ3v) is 7.29. The second kappa shape index (κ2) is 10.3.